The normalized spacial score (nSPS) is 26.0. The second-order valence-corrected chi connectivity index (χ2v) is 9.95. The summed E-state index contributed by atoms with van der Waals surface area (Å²) in [5.74, 6) is -0.0652. The molecule has 1 aliphatic carbocycles. The molecule has 2 atom stereocenters. The molecule has 1 aromatic carbocycles. The molecule has 2 saturated heterocycles. The van der Waals surface area contributed by atoms with E-state index in [1.165, 1.54) is 12.0 Å². The fourth-order valence-corrected chi connectivity index (χ4v) is 6.04. The van der Waals surface area contributed by atoms with Crippen molar-refractivity contribution in [3.63, 3.8) is 0 Å². The summed E-state index contributed by atoms with van der Waals surface area (Å²) in [6, 6.07) is 8.38. The van der Waals surface area contributed by atoms with Gasteiger partial charge in [-0.3, -0.25) is 14.5 Å². The Labute approximate surface area is 189 Å². The van der Waals surface area contributed by atoms with Crippen LogP contribution < -0.4 is 5.32 Å². The predicted octanol–water partition coefficient (Wildman–Crippen LogP) is 2.67. The van der Waals surface area contributed by atoms with Crippen LogP contribution in [-0.4, -0.2) is 78.8 Å². The molecule has 4 rings (SSSR count). The second-order valence-electron chi connectivity index (χ2n) is 8.66. The molecule has 0 aromatic heterocycles. The van der Waals surface area contributed by atoms with Crippen LogP contribution in [0.4, 0.5) is 0 Å². The molecule has 31 heavy (non-hydrogen) atoms. The lowest BCUT2D eigenvalue weighted by Gasteiger charge is -2.43. The molecule has 2 heterocycles. The van der Waals surface area contributed by atoms with Gasteiger partial charge in [-0.1, -0.05) is 42.7 Å². The number of amides is 2. The number of rotatable bonds is 6. The van der Waals surface area contributed by atoms with Crippen LogP contribution in [0, 0.1) is 6.92 Å². The van der Waals surface area contributed by atoms with Crippen LogP contribution in [0.3, 0.4) is 0 Å². The zero-order valence-corrected chi connectivity index (χ0v) is 19.2. The van der Waals surface area contributed by atoms with E-state index in [4.69, 9.17) is 4.74 Å². The van der Waals surface area contributed by atoms with E-state index in [9.17, 15) is 9.59 Å². The second kappa shape index (κ2) is 10.7. The molecule has 0 spiro atoms. The van der Waals surface area contributed by atoms with Crippen LogP contribution in [0.1, 0.15) is 36.8 Å². The number of thioether (sulfide) groups is 1. The van der Waals surface area contributed by atoms with E-state index in [1.807, 2.05) is 23.1 Å². The number of hydrogen-bond acceptors (Lipinski definition) is 5. The lowest BCUT2D eigenvalue weighted by atomic mass is 9.93. The Morgan fingerprint density at radius 2 is 1.94 bits per heavy atom. The zero-order valence-electron chi connectivity index (χ0n) is 18.3. The summed E-state index contributed by atoms with van der Waals surface area (Å²) in [7, 11) is 0. The lowest BCUT2D eigenvalue weighted by molar-refractivity contribution is -0.135. The molecule has 7 heteroatoms. The van der Waals surface area contributed by atoms with Crippen LogP contribution >= 0.6 is 11.8 Å². The van der Waals surface area contributed by atoms with Crippen molar-refractivity contribution in [2.45, 2.75) is 43.9 Å². The van der Waals surface area contributed by atoms with E-state index in [0.29, 0.717) is 11.8 Å². The first-order valence-corrected chi connectivity index (χ1v) is 12.3. The Morgan fingerprint density at radius 1 is 1.19 bits per heavy atom. The van der Waals surface area contributed by atoms with Gasteiger partial charge in [-0.05, 0) is 31.4 Å². The molecule has 2 unspecified atom stereocenters. The molecular weight excluding hydrogens is 410 g/mol. The van der Waals surface area contributed by atoms with Gasteiger partial charge in [-0.25, -0.2) is 0 Å². The number of ether oxygens (including phenoxy) is 1. The fourth-order valence-electron chi connectivity index (χ4n) is 4.56. The molecule has 2 amide bonds. The van der Waals surface area contributed by atoms with Crippen LogP contribution in [0.2, 0.25) is 0 Å². The molecule has 0 bridgehead atoms. The number of fused-ring (bicyclic) bond motifs is 1. The van der Waals surface area contributed by atoms with Crippen molar-refractivity contribution >= 4 is 29.7 Å². The summed E-state index contributed by atoms with van der Waals surface area (Å²) < 4.78 is 5.37. The minimum atomic E-state index is -0.0625. The Hall–Kier alpha value is -1.83. The highest BCUT2D eigenvalue weighted by Crippen LogP contribution is 2.42. The number of carbonyl (C=O) groups is 2. The van der Waals surface area contributed by atoms with Crippen molar-refractivity contribution < 1.29 is 14.3 Å². The molecule has 3 aliphatic rings. The SMILES string of the molecule is Cc1ccc(/C=C2/SC3CCCCC3N(CC(=O)NCCN3CCOCC3)C2=O)cc1. The summed E-state index contributed by atoms with van der Waals surface area (Å²) in [5.41, 5.74) is 2.23. The summed E-state index contributed by atoms with van der Waals surface area (Å²) in [5, 5.41) is 3.40. The van der Waals surface area contributed by atoms with Gasteiger partial charge in [0.15, 0.2) is 0 Å². The first-order chi connectivity index (χ1) is 15.1. The number of hydrogen-bond donors (Lipinski definition) is 1. The van der Waals surface area contributed by atoms with Gasteiger partial charge in [0.05, 0.1) is 18.1 Å². The third-order valence-corrected chi connectivity index (χ3v) is 7.76. The Balaban J connectivity index is 1.40. The number of benzene rings is 1. The molecule has 6 nitrogen and oxygen atoms in total. The maximum absolute atomic E-state index is 13.3. The summed E-state index contributed by atoms with van der Waals surface area (Å²) in [6.07, 6.45) is 6.40. The van der Waals surface area contributed by atoms with Gasteiger partial charge in [-0.15, -0.1) is 11.8 Å². The van der Waals surface area contributed by atoms with Crippen molar-refractivity contribution in [3.8, 4) is 0 Å². The van der Waals surface area contributed by atoms with Crippen LogP contribution in [0.5, 0.6) is 0 Å². The van der Waals surface area contributed by atoms with E-state index in [1.54, 1.807) is 11.8 Å². The van der Waals surface area contributed by atoms with Gasteiger partial charge < -0.3 is 15.0 Å². The monoisotopic (exact) mass is 443 g/mol. The van der Waals surface area contributed by atoms with E-state index in [2.05, 4.69) is 29.3 Å². The largest absolute Gasteiger partial charge is 0.379 e. The van der Waals surface area contributed by atoms with Crippen molar-refractivity contribution in [2.75, 3.05) is 45.9 Å². The minimum Gasteiger partial charge on any atom is -0.379 e. The van der Waals surface area contributed by atoms with Crippen molar-refractivity contribution in [1.82, 2.24) is 15.1 Å². The van der Waals surface area contributed by atoms with Crippen molar-refractivity contribution in [2.24, 2.45) is 0 Å². The zero-order chi connectivity index (χ0) is 21.6. The average Bonchev–Trinajstić information content (AvgIpc) is 2.79. The smallest absolute Gasteiger partial charge is 0.261 e. The maximum Gasteiger partial charge on any atom is 0.261 e. The minimum absolute atomic E-state index is 0.00273. The molecule has 2 aliphatic heterocycles. The molecule has 1 saturated carbocycles. The Morgan fingerprint density at radius 3 is 2.71 bits per heavy atom. The van der Waals surface area contributed by atoms with E-state index in [-0.39, 0.29) is 24.4 Å². The average molecular weight is 444 g/mol. The molecule has 3 fully saturated rings. The van der Waals surface area contributed by atoms with E-state index in [0.717, 1.165) is 62.6 Å². The Bertz CT molecular complexity index is 805. The number of morpholine rings is 1. The highest BCUT2D eigenvalue weighted by Gasteiger charge is 2.41. The summed E-state index contributed by atoms with van der Waals surface area (Å²) in [6.45, 7) is 6.97. The van der Waals surface area contributed by atoms with Crippen LogP contribution in [0.15, 0.2) is 29.2 Å². The first-order valence-electron chi connectivity index (χ1n) is 11.4. The molecular formula is C24H33N3O3S. The third kappa shape index (κ3) is 5.90. The topological polar surface area (TPSA) is 61.9 Å². The van der Waals surface area contributed by atoms with Crippen molar-refractivity contribution in [1.29, 1.82) is 0 Å². The highest BCUT2D eigenvalue weighted by atomic mass is 32.2. The van der Waals surface area contributed by atoms with Gasteiger partial charge in [0.1, 0.15) is 6.54 Å². The summed E-state index contributed by atoms with van der Waals surface area (Å²) in [4.78, 5) is 30.9. The first kappa shape index (κ1) is 22.4. The predicted molar refractivity (Wildman–Crippen MR) is 125 cm³/mol. The standard InChI is InChI=1S/C24H33N3O3S/c1-18-6-8-19(9-7-18)16-22-24(29)27(20-4-2-3-5-21(20)31-22)17-23(28)25-10-11-26-12-14-30-15-13-26/h6-9,16,20-21H,2-5,10-15,17H2,1H3,(H,25,28)/b22-16+. The Kier molecular flexibility index (Phi) is 7.69. The van der Waals surface area contributed by atoms with E-state index >= 15 is 0 Å². The van der Waals surface area contributed by atoms with E-state index < -0.39 is 0 Å². The third-order valence-electron chi connectivity index (χ3n) is 6.36. The van der Waals surface area contributed by atoms with Crippen LogP contribution in [-0.2, 0) is 14.3 Å². The molecule has 1 aromatic rings. The van der Waals surface area contributed by atoms with Gasteiger partial charge in [-0.2, -0.15) is 0 Å². The van der Waals surface area contributed by atoms with Gasteiger partial charge >= 0.3 is 0 Å². The number of carbonyl (C=O) groups excluding carboxylic acids is 2. The summed E-state index contributed by atoms with van der Waals surface area (Å²) >= 11 is 1.71. The molecule has 168 valence electrons. The molecule has 1 N–H and O–H groups in total. The fraction of sp³-hybridized carbons (Fsp3) is 0.583. The van der Waals surface area contributed by atoms with Gasteiger partial charge in [0, 0.05) is 37.5 Å². The number of nitrogens with zero attached hydrogens (tertiary/aromatic N) is 2. The van der Waals surface area contributed by atoms with Crippen LogP contribution in [0.25, 0.3) is 6.08 Å². The van der Waals surface area contributed by atoms with Crippen molar-refractivity contribution in [3.05, 3.63) is 40.3 Å². The van der Waals surface area contributed by atoms with Gasteiger partial charge in [0.25, 0.3) is 5.91 Å². The van der Waals surface area contributed by atoms with Gasteiger partial charge in [0.2, 0.25) is 5.91 Å². The number of nitrogens with one attached hydrogen (secondary N) is 1. The quantitative estimate of drug-likeness (QED) is 0.685. The maximum atomic E-state index is 13.3. The highest BCUT2D eigenvalue weighted by molar-refractivity contribution is 8.04. The number of aryl methyl sites for hydroxylation is 1. The lowest BCUT2D eigenvalue weighted by Crippen LogP contribution is -2.54. The molecule has 0 radical (unpaired) electrons.